The van der Waals surface area contributed by atoms with E-state index in [2.05, 4.69) is 4.72 Å². The summed E-state index contributed by atoms with van der Waals surface area (Å²) >= 11 is 0. The first-order valence-electron chi connectivity index (χ1n) is 5.91. The number of rotatable bonds is 7. The monoisotopic (exact) mass is 274 g/mol. The Balaban J connectivity index is 2.64. The van der Waals surface area contributed by atoms with Gasteiger partial charge >= 0.3 is 0 Å². The number of benzene rings is 1. The molecule has 0 saturated carbocycles. The Morgan fingerprint density at radius 2 is 2.00 bits per heavy atom. The zero-order valence-electron chi connectivity index (χ0n) is 10.4. The van der Waals surface area contributed by atoms with Crippen LogP contribution in [-0.4, -0.2) is 20.7 Å². The minimum Gasteiger partial charge on any atom is -0.330 e. The second-order valence-electron chi connectivity index (χ2n) is 4.18. The molecule has 0 spiro atoms. The van der Waals surface area contributed by atoms with Crippen LogP contribution >= 0.6 is 0 Å². The van der Waals surface area contributed by atoms with E-state index in [0.717, 1.165) is 0 Å². The van der Waals surface area contributed by atoms with E-state index in [1.807, 2.05) is 0 Å². The molecule has 1 aromatic carbocycles. The average molecular weight is 274 g/mol. The summed E-state index contributed by atoms with van der Waals surface area (Å²) < 4.78 is 39.4. The van der Waals surface area contributed by atoms with Crippen molar-refractivity contribution in [3.63, 3.8) is 0 Å². The Hall–Kier alpha value is -0.980. The van der Waals surface area contributed by atoms with E-state index in [4.69, 9.17) is 5.73 Å². The van der Waals surface area contributed by atoms with E-state index < -0.39 is 21.9 Å². The van der Waals surface area contributed by atoms with Crippen LogP contribution < -0.4 is 10.5 Å². The van der Waals surface area contributed by atoms with Gasteiger partial charge in [-0.05, 0) is 32.4 Å². The molecule has 1 unspecified atom stereocenters. The fraction of sp³-hybridized carbons (Fsp3) is 0.500. The number of hydrogen-bond donors (Lipinski definition) is 2. The molecule has 1 atom stereocenters. The minimum absolute atomic E-state index is 0.0169. The van der Waals surface area contributed by atoms with Crippen LogP contribution in [0.25, 0.3) is 0 Å². The Morgan fingerprint density at radius 1 is 1.33 bits per heavy atom. The van der Waals surface area contributed by atoms with Crippen LogP contribution in [0, 0.1) is 5.82 Å². The molecule has 0 radical (unpaired) electrons. The molecular weight excluding hydrogens is 255 g/mol. The van der Waals surface area contributed by atoms with Gasteiger partial charge in [0.1, 0.15) is 5.82 Å². The zero-order valence-corrected chi connectivity index (χ0v) is 11.2. The highest BCUT2D eigenvalue weighted by Gasteiger charge is 2.17. The summed E-state index contributed by atoms with van der Waals surface area (Å²) in [4.78, 5) is 0. The van der Waals surface area contributed by atoms with Crippen molar-refractivity contribution in [3.05, 3.63) is 35.6 Å². The number of unbranched alkanes of at least 4 members (excludes halogenated alkanes) is 1. The van der Waals surface area contributed by atoms with Crippen molar-refractivity contribution in [2.24, 2.45) is 5.73 Å². The third kappa shape index (κ3) is 4.72. The van der Waals surface area contributed by atoms with Crippen LogP contribution in [0.4, 0.5) is 4.39 Å². The molecule has 0 amide bonds. The lowest BCUT2D eigenvalue weighted by Crippen LogP contribution is -2.29. The fourth-order valence-electron chi connectivity index (χ4n) is 1.65. The molecule has 1 rings (SSSR count). The Kier molecular flexibility index (Phi) is 5.71. The van der Waals surface area contributed by atoms with E-state index in [1.54, 1.807) is 25.1 Å². The molecular formula is C12H19FN2O2S. The lowest BCUT2D eigenvalue weighted by molar-refractivity contribution is 0.547. The van der Waals surface area contributed by atoms with Gasteiger partial charge in [-0.2, -0.15) is 0 Å². The third-order valence-corrected chi connectivity index (χ3v) is 4.13. The molecule has 3 N–H and O–H groups in total. The van der Waals surface area contributed by atoms with Gasteiger partial charge in [-0.15, -0.1) is 0 Å². The molecule has 0 aliphatic rings. The third-order valence-electron chi connectivity index (χ3n) is 2.60. The molecule has 0 bridgehead atoms. The Morgan fingerprint density at radius 3 is 2.61 bits per heavy atom. The fourth-order valence-corrected chi connectivity index (χ4v) is 3.02. The maximum Gasteiger partial charge on any atom is 0.212 e. The predicted molar refractivity (Wildman–Crippen MR) is 70.0 cm³/mol. The van der Waals surface area contributed by atoms with Gasteiger partial charge in [0.25, 0.3) is 0 Å². The molecule has 0 fully saturated rings. The first-order valence-corrected chi connectivity index (χ1v) is 7.56. The largest absolute Gasteiger partial charge is 0.330 e. The number of sulfonamides is 1. The van der Waals surface area contributed by atoms with Gasteiger partial charge in [0.2, 0.25) is 10.0 Å². The van der Waals surface area contributed by atoms with Crippen molar-refractivity contribution in [3.8, 4) is 0 Å². The average Bonchev–Trinajstić information content (AvgIpc) is 2.29. The van der Waals surface area contributed by atoms with E-state index in [0.29, 0.717) is 24.9 Å². The SMILES string of the molecule is CC(NS(=O)(=O)CCCCN)c1ccccc1F. The van der Waals surface area contributed by atoms with E-state index in [9.17, 15) is 12.8 Å². The smallest absolute Gasteiger partial charge is 0.212 e. The first-order chi connectivity index (χ1) is 8.46. The van der Waals surface area contributed by atoms with Crippen LogP contribution in [0.5, 0.6) is 0 Å². The van der Waals surface area contributed by atoms with Crippen molar-refractivity contribution in [2.75, 3.05) is 12.3 Å². The maximum absolute atomic E-state index is 13.5. The minimum atomic E-state index is -3.39. The quantitative estimate of drug-likeness (QED) is 0.741. The van der Waals surface area contributed by atoms with Crippen molar-refractivity contribution in [1.29, 1.82) is 0 Å². The normalized spacial score (nSPS) is 13.5. The van der Waals surface area contributed by atoms with Gasteiger partial charge in [-0.3, -0.25) is 0 Å². The van der Waals surface area contributed by atoms with Gasteiger partial charge in [-0.1, -0.05) is 18.2 Å². The highest BCUT2D eigenvalue weighted by Crippen LogP contribution is 2.17. The van der Waals surface area contributed by atoms with Crippen LogP contribution in [0.15, 0.2) is 24.3 Å². The molecule has 0 aromatic heterocycles. The lowest BCUT2D eigenvalue weighted by Gasteiger charge is -2.15. The van der Waals surface area contributed by atoms with E-state index >= 15 is 0 Å². The van der Waals surface area contributed by atoms with Gasteiger partial charge in [0, 0.05) is 11.6 Å². The van der Waals surface area contributed by atoms with Crippen molar-refractivity contribution < 1.29 is 12.8 Å². The van der Waals surface area contributed by atoms with Gasteiger partial charge in [-0.25, -0.2) is 17.5 Å². The number of nitrogens with two attached hydrogens (primary N) is 1. The first kappa shape index (κ1) is 15.1. The van der Waals surface area contributed by atoms with E-state index in [1.165, 1.54) is 6.07 Å². The molecule has 0 aliphatic heterocycles. The molecule has 102 valence electrons. The van der Waals surface area contributed by atoms with Gasteiger partial charge < -0.3 is 5.73 Å². The second kappa shape index (κ2) is 6.82. The van der Waals surface area contributed by atoms with Crippen LogP contribution in [-0.2, 0) is 10.0 Å². The molecule has 0 saturated heterocycles. The molecule has 1 aromatic rings. The molecule has 18 heavy (non-hydrogen) atoms. The number of hydrogen-bond acceptors (Lipinski definition) is 3. The number of halogens is 1. The summed E-state index contributed by atoms with van der Waals surface area (Å²) in [5.41, 5.74) is 5.65. The van der Waals surface area contributed by atoms with Crippen molar-refractivity contribution >= 4 is 10.0 Å². The maximum atomic E-state index is 13.5. The van der Waals surface area contributed by atoms with E-state index in [-0.39, 0.29) is 5.75 Å². The van der Waals surface area contributed by atoms with Crippen LogP contribution in [0.2, 0.25) is 0 Å². The second-order valence-corrected chi connectivity index (χ2v) is 6.05. The molecule has 0 heterocycles. The van der Waals surface area contributed by atoms with Crippen molar-refractivity contribution in [1.82, 2.24) is 4.72 Å². The zero-order chi connectivity index (χ0) is 13.6. The molecule has 0 aliphatic carbocycles. The van der Waals surface area contributed by atoms with Gasteiger partial charge in [0.15, 0.2) is 0 Å². The van der Waals surface area contributed by atoms with Crippen molar-refractivity contribution in [2.45, 2.75) is 25.8 Å². The highest BCUT2D eigenvalue weighted by molar-refractivity contribution is 7.89. The Bertz CT molecular complexity index is 477. The molecule has 6 heteroatoms. The predicted octanol–water partition coefficient (Wildman–Crippen LogP) is 1.54. The topological polar surface area (TPSA) is 72.2 Å². The van der Waals surface area contributed by atoms with Crippen LogP contribution in [0.1, 0.15) is 31.4 Å². The summed E-state index contributed by atoms with van der Waals surface area (Å²) in [6.45, 7) is 2.09. The number of nitrogens with one attached hydrogen (secondary N) is 1. The molecule has 4 nitrogen and oxygen atoms in total. The highest BCUT2D eigenvalue weighted by atomic mass is 32.2. The summed E-state index contributed by atoms with van der Waals surface area (Å²) in [7, 11) is -3.39. The lowest BCUT2D eigenvalue weighted by atomic mass is 10.1. The van der Waals surface area contributed by atoms with Crippen LogP contribution in [0.3, 0.4) is 0 Å². The Labute approximate surface area is 107 Å². The summed E-state index contributed by atoms with van der Waals surface area (Å²) in [6, 6.07) is 5.56. The standard InChI is InChI=1S/C12H19FN2O2S/c1-10(11-6-2-3-7-12(11)13)15-18(16,17)9-5-4-8-14/h2-3,6-7,10,15H,4-5,8-9,14H2,1H3. The summed E-state index contributed by atoms with van der Waals surface area (Å²) in [5, 5.41) is 0. The summed E-state index contributed by atoms with van der Waals surface area (Å²) in [6.07, 6.45) is 1.17. The van der Waals surface area contributed by atoms with Gasteiger partial charge in [0.05, 0.1) is 5.75 Å². The summed E-state index contributed by atoms with van der Waals surface area (Å²) in [5.74, 6) is -0.391.